The van der Waals surface area contributed by atoms with Crippen molar-refractivity contribution < 1.29 is 23.1 Å². The maximum atomic E-state index is 13.2. The number of benzene rings is 1. The number of carboxylic acids is 1. The van der Waals surface area contributed by atoms with Crippen molar-refractivity contribution in [3.8, 4) is 22.5 Å². The van der Waals surface area contributed by atoms with E-state index >= 15 is 0 Å². The van der Waals surface area contributed by atoms with Crippen molar-refractivity contribution >= 4 is 5.97 Å². The van der Waals surface area contributed by atoms with Gasteiger partial charge in [-0.3, -0.25) is 4.98 Å². The van der Waals surface area contributed by atoms with Crippen LogP contribution in [0, 0.1) is 0 Å². The van der Waals surface area contributed by atoms with E-state index in [4.69, 9.17) is 0 Å². The highest BCUT2D eigenvalue weighted by atomic mass is 19.4. The van der Waals surface area contributed by atoms with Gasteiger partial charge in [0.05, 0.1) is 22.5 Å². The molecule has 0 aliphatic carbocycles. The summed E-state index contributed by atoms with van der Waals surface area (Å²) < 4.78 is 39.5. The van der Waals surface area contributed by atoms with Crippen LogP contribution in [0.4, 0.5) is 13.2 Å². The molecule has 0 aliphatic heterocycles. The zero-order chi connectivity index (χ0) is 21.2. The molecule has 0 spiro atoms. The third kappa shape index (κ3) is 4.62. The number of aromatic amines is 1. The van der Waals surface area contributed by atoms with E-state index in [1.807, 2.05) is 19.0 Å². The monoisotopic (exact) mass is 404 g/mol. The Morgan fingerprint density at radius 3 is 2.41 bits per heavy atom. The fourth-order valence-corrected chi connectivity index (χ4v) is 2.92. The molecule has 152 valence electrons. The second-order valence-corrected chi connectivity index (χ2v) is 6.76. The van der Waals surface area contributed by atoms with Crippen LogP contribution in [0.1, 0.15) is 21.7 Å². The van der Waals surface area contributed by atoms with Crippen LogP contribution in [-0.2, 0) is 12.6 Å². The lowest BCUT2D eigenvalue weighted by atomic mass is 9.99. The highest BCUT2D eigenvalue weighted by Gasteiger charge is 2.35. The van der Waals surface area contributed by atoms with Gasteiger partial charge in [-0.1, -0.05) is 6.07 Å². The molecule has 0 bridgehead atoms. The van der Waals surface area contributed by atoms with E-state index in [1.165, 1.54) is 6.07 Å². The lowest BCUT2D eigenvalue weighted by molar-refractivity contribution is -0.138. The third-order valence-corrected chi connectivity index (χ3v) is 4.35. The summed E-state index contributed by atoms with van der Waals surface area (Å²) in [6.07, 6.45) is -0.982. The van der Waals surface area contributed by atoms with Gasteiger partial charge in [-0.05, 0) is 38.4 Å². The van der Waals surface area contributed by atoms with Crippen LogP contribution >= 0.6 is 0 Å². The summed E-state index contributed by atoms with van der Waals surface area (Å²) in [5.74, 6) is -0.995. The van der Waals surface area contributed by atoms with Crippen LogP contribution in [-0.4, -0.2) is 51.6 Å². The number of nitrogens with one attached hydrogen (secondary N) is 1. The highest BCUT2D eigenvalue weighted by Crippen LogP contribution is 2.36. The summed E-state index contributed by atoms with van der Waals surface area (Å²) in [4.78, 5) is 25.2. The van der Waals surface area contributed by atoms with Crippen molar-refractivity contribution in [3.05, 3.63) is 59.7 Å². The van der Waals surface area contributed by atoms with Gasteiger partial charge < -0.3 is 15.0 Å². The number of aromatic carboxylic acids is 1. The van der Waals surface area contributed by atoms with E-state index in [-0.39, 0.29) is 5.56 Å². The average molecular weight is 404 g/mol. The molecule has 6 nitrogen and oxygen atoms in total. The highest BCUT2D eigenvalue weighted by molar-refractivity contribution is 5.92. The smallest absolute Gasteiger partial charge is 0.417 e. The van der Waals surface area contributed by atoms with Crippen molar-refractivity contribution in [3.63, 3.8) is 0 Å². The van der Waals surface area contributed by atoms with Gasteiger partial charge in [0.1, 0.15) is 5.82 Å². The Morgan fingerprint density at radius 1 is 1.14 bits per heavy atom. The minimum Gasteiger partial charge on any atom is -0.478 e. The number of H-pyrrole nitrogens is 1. The first-order valence-electron chi connectivity index (χ1n) is 8.75. The van der Waals surface area contributed by atoms with E-state index in [2.05, 4.69) is 15.0 Å². The standard InChI is InChI=1S/C20H19F3N4O2/c1-27(2)10-7-16-25-17(12-5-8-24-9-6-12)18(26-16)13-3-4-15(20(21,22)23)14(11-13)19(28)29/h3-6,8-9,11H,7,10H2,1-2H3,(H,25,26)(H,28,29). The number of likely N-dealkylation sites (N-methyl/N-ethyl adjacent to an activating group) is 1. The van der Waals surface area contributed by atoms with Crippen LogP contribution in [0.15, 0.2) is 42.7 Å². The van der Waals surface area contributed by atoms with Crippen molar-refractivity contribution in [2.24, 2.45) is 0 Å². The molecule has 3 aromatic rings. The molecule has 2 heterocycles. The number of imidazole rings is 1. The van der Waals surface area contributed by atoms with E-state index in [0.29, 0.717) is 23.6 Å². The van der Waals surface area contributed by atoms with Gasteiger partial charge in [-0.25, -0.2) is 9.78 Å². The molecule has 0 unspecified atom stereocenters. The number of alkyl halides is 3. The molecule has 9 heteroatoms. The summed E-state index contributed by atoms with van der Waals surface area (Å²) in [5.41, 5.74) is 0.0134. The molecule has 3 rings (SSSR count). The van der Waals surface area contributed by atoms with E-state index in [0.717, 1.165) is 24.2 Å². The Balaban J connectivity index is 2.14. The predicted octanol–water partition coefficient (Wildman–Crippen LogP) is 3.96. The predicted molar refractivity (Wildman–Crippen MR) is 101 cm³/mol. The van der Waals surface area contributed by atoms with Crippen LogP contribution < -0.4 is 0 Å². The number of carbonyl (C=O) groups is 1. The lowest BCUT2D eigenvalue weighted by Gasteiger charge is -2.12. The molecule has 2 N–H and O–H groups in total. The van der Waals surface area contributed by atoms with E-state index in [9.17, 15) is 23.1 Å². The summed E-state index contributed by atoms with van der Waals surface area (Å²) in [5, 5.41) is 9.30. The second-order valence-electron chi connectivity index (χ2n) is 6.76. The Kier molecular flexibility index (Phi) is 5.69. The van der Waals surface area contributed by atoms with Crippen molar-refractivity contribution in [1.82, 2.24) is 19.9 Å². The lowest BCUT2D eigenvalue weighted by Crippen LogP contribution is -2.15. The quantitative estimate of drug-likeness (QED) is 0.650. The number of hydrogen-bond acceptors (Lipinski definition) is 4. The molecule has 2 aromatic heterocycles. The zero-order valence-corrected chi connectivity index (χ0v) is 15.8. The molecular weight excluding hydrogens is 385 g/mol. The summed E-state index contributed by atoms with van der Waals surface area (Å²) in [6, 6.07) is 6.53. The van der Waals surface area contributed by atoms with Crippen molar-refractivity contribution in [1.29, 1.82) is 0 Å². The molecule has 0 saturated heterocycles. The fourth-order valence-electron chi connectivity index (χ4n) is 2.92. The maximum Gasteiger partial charge on any atom is 0.417 e. The number of pyridine rings is 1. The van der Waals surface area contributed by atoms with E-state index in [1.54, 1.807) is 24.5 Å². The molecule has 29 heavy (non-hydrogen) atoms. The van der Waals surface area contributed by atoms with Gasteiger partial charge in [0.25, 0.3) is 0 Å². The molecule has 0 saturated carbocycles. The normalized spacial score (nSPS) is 11.8. The maximum absolute atomic E-state index is 13.2. The summed E-state index contributed by atoms with van der Waals surface area (Å²) in [7, 11) is 3.84. The molecule has 0 amide bonds. The largest absolute Gasteiger partial charge is 0.478 e. The van der Waals surface area contributed by atoms with Gasteiger partial charge in [-0.2, -0.15) is 13.2 Å². The van der Waals surface area contributed by atoms with Crippen LogP contribution in [0.3, 0.4) is 0 Å². The second kappa shape index (κ2) is 8.04. The van der Waals surface area contributed by atoms with Crippen LogP contribution in [0.25, 0.3) is 22.5 Å². The number of aromatic nitrogens is 3. The number of hydrogen-bond donors (Lipinski definition) is 2. The Morgan fingerprint density at radius 2 is 1.83 bits per heavy atom. The molecule has 0 fully saturated rings. The van der Waals surface area contributed by atoms with Crippen molar-refractivity contribution in [2.75, 3.05) is 20.6 Å². The Labute approximate surface area is 165 Å². The van der Waals surface area contributed by atoms with Gasteiger partial charge in [0.2, 0.25) is 0 Å². The molecular formula is C20H19F3N4O2. The number of nitrogens with zero attached hydrogens (tertiary/aromatic N) is 3. The van der Waals surface area contributed by atoms with Crippen molar-refractivity contribution in [2.45, 2.75) is 12.6 Å². The van der Waals surface area contributed by atoms with Crippen LogP contribution in [0.5, 0.6) is 0 Å². The molecule has 1 aromatic carbocycles. The van der Waals surface area contributed by atoms with Gasteiger partial charge in [0.15, 0.2) is 0 Å². The number of halogens is 3. The Hall–Kier alpha value is -3.20. The molecule has 0 atom stereocenters. The minimum atomic E-state index is -4.76. The molecule has 0 aliphatic rings. The average Bonchev–Trinajstić information content (AvgIpc) is 3.10. The fraction of sp³-hybridized carbons (Fsp3) is 0.250. The first-order valence-corrected chi connectivity index (χ1v) is 8.75. The minimum absolute atomic E-state index is 0.287. The third-order valence-electron chi connectivity index (χ3n) is 4.35. The van der Waals surface area contributed by atoms with Gasteiger partial charge >= 0.3 is 12.1 Å². The topological polar surface area (TPSA) is 82.1 Å². The number of rotatable bonds is 6. The zero-order valence-electron chi connectivity index (χ0n) is 15.8. The summed E-state index contributed by atoms with van der Waals surface area (Å²) >= 11 is 0. The molecule has 0 radical (unpaired) electrons. The first kappa shape index (κ1) is 20.5. The Bertz CT molecular complexity index is 1010. The first-order chi connectivity index (χ1) is 13.7. The number of carboxylic acid groups (broad SMARTS) is 1. The van der Waals surface area contributed by atoms with Crippen LogP contribution in [0.2, 0.25) is 0 Å². The SMILES string of the molecule is CN(C)CCc1nc(-c2ccc(C(F)(F)F)c(C(=O)O)c2)c(-c2ccncc2)[nH]1. The van der Waals surface area contributed by atoms with Gasteiger partial charge in [-0.15, -0.1) is 0 Å². The van der Waals surface area contributed by atoms with E-state index < -0.39 is 23.3 Å². The van der Waals surface area contributed by atoms with Gasteiger partial charge in [0, 0.05) is 36.5 Å². The summed E-state index contributed by atoms with van der Waals surface area (Å²) in [6.45, 7) is 0.718.